The number of para-hydroxylation sites is 1. The Labute approximate surface area is 190 Å². The first-order chi connectivity index (χ1) is 14.8. The molecule has 2 N–H and O–H groups in total. The summed E-state index contributed by atoms with van der Waals surface area (Å²) in [6.45, 7) is 13.0. The molecular formula is C26H34O6. The minimum absolute atomic E-state index is 0.0267. The van der Waals surface area contributed by atoms with Gasteiger partial charge >= 0.3 is 5.97 Å². The SMILES string of the molecule is COC1C(C(=O)OC(C)C)=C(O)C(C(C)(C)C)=C(C)C1(C)C=CC(=O)c1ccccc1O. The van der Waals surface area contributed by atoms with Gasteiger partial charge in [-0.25, -0.2) is 4.79 Å². The molecule has 0 aliphatic heterocycles. The zero-order valence-electron chi connectivity index (χ0n) is 20.1. The number of methoxy groups -OCH3 is 1. The quantitative estimate of drug-likeness (QED) is 0.353. The Balaban J connectivity index is 2.68. The minimum Gasteiger partial charge on any atom is -0.507 e. The van der Waals surface area contributed by atoms with Gasteiger partial charge in [0.1, 0.15) is 23.2 Å². The van der Waals surface area contributed by atoms with E-state index in [4.69, 9.17) is 9.47 Å². The van der Waals surface area contributed by atoms with Crippen LogP contribution in [0.1, 0.15) is 58.8 Å². The van der Waals surface area contributed by atoms with Crippen LogP contribution in [0.4, 0.5) is 0 Å². The molecule has 0 radical (unpaired) electrons. The number of hydrogen-bond donors (Lipinski definition) is 2. The number of carbonyl (C=O) groups is 2. The van der Waals surface area contributed by atoms with Gasteiger partial charge in [0.15, 0.2) is 5.78 Å². The number of phenols is 1. The first kappa shape index (κ1) is 25.4. The summed E-state index contributed by atoms with van der Waals surface area (Å²) >= 11 is 0. The number of carbonyl (C=O) groups excluding carboxylic acids is 2. The van der Waals surface area contributed by atoms with Crippen molar-refractivity contribution in [3.8, 4) is 5.75 Å². The van der Waals surface area contributed by atoms with Gasteiger partial charge in [0, 0.05) is 12.5 Å². The number of hydrogen-bond acceptors (Lipinski definition) is 6. The number of aliphatic hydroxyl groups is 1. The molecule has 32 heavy (non-hydrogen) atoms. The summed E-state index contributed by atoms with van der Waals surface area (Å²) in [6, 6.07) is 6.30. The van der Waals surface area contributed by atoms with Crippen LogP contribution < -0.4 is 0 Å². The molecule has 2 rings (SSSR count). The monoisotopic (exact) mass is 442 g/mol. The maximum atomic E-state index is 13.0. The second-order valence-corrected chi connectivity index (χ2v) is 9.58. The number of rotatable bonds is 6. The lowest BCUT2D eigenvalue weighted by molar-refractivity contribution is -0.145. The van der Waals surface area contributed by atoms with Crippen LogP contribution in [-0.2, 0) is 14.3 Å². The van der Waals surface area contributed by atoms with E-state index in [2.05, 4.69) is 0 Å². The number of aliphatic hydroxyl groups excluding tert-OH is 1. The van der Waals surface area contributed by atoms with E-state index >= 15 is 0 Å². The minimum atomic E-state index is -0.936. The summed E-state index contributed by atoms with van der Waals surface area (Å²) in [7, 11) is 1.45. The second-order valence-electron chi connectivity index (χ2n) is 9.58. The second kappa shape index (κ2) is 9.33. The van der Waals surface area contributed by atoms with Crippen molar-refractivity contribution >= 4 is 11.8 Å². The first-order valence-electron chi connectivity index (χ1n) is 10.7. The van der Waals surface area contributed by atoms with Crippen molar-refractivity contribution in [2.24, 2.45) is 10.8 Å². The molecule has 174 valence electrons. The van der Waals surface area contributed by atoms with Crippen molar-refractivity contribution in [2.45, 2.75) is 60.7 Å². The molecule has 0 saturated carbocycles. The molecule has 0 fully saturated rings. The maximum absolute atomic E-state index is 13.0. The van der Waals surface area contributed by atoms with Gasteiger partial charge in [-0.1, -0.05) is 44.6 Å². The number of esters is 1. The highest BCUT2D eigenvalue weighted by Gasteiger charge is 2.48. The lowest BCUT2D eigenvalue weighted by Crippen LogP contribution is -2.44. The van der Waals surface area contributed by atoms with Crippen molar-refractivity contribution in [1.29, 1.82) is 0 Å². The highest BCUT2D eigenvalue weighted by atomic mass is 16.5. The average Bonchev–Trinajstić information content (AvgIpc) is 2.67. The molecule has 0 aromatic heterocycles. The molecule has 1 aromatic carbocycles. The predicted molar refractivity (Wildman–Crippen MR) is 124 cm³/mol. The summed E-state index contributed by atoms with van der Waals surface area (Å²) in [5.41, 5.74) is 0.147. The fourth-order valence-corrected chi connectivity index (χ4v) is 4.20. The fraction of sp³-hybridized carbons (Fsp3) is 0.462. The molecule has 1 aromatic rings. The number of benzene rings is 1. The fourth-order valence-electron chi connectivity index (χ4n) is 4.20. The topological polar surface area (TPSA) is 93.1 Å². The van der Waals surface area contributed by atoms with Gasteiger partial charge in [-0.05, 0) is 56.9 Å². The largest absolute Gasteiger partial charge is 0.507 e. The summed E-state index contributed by atoms with van der Waals surface area (Å²) in [6.07, 6.45) is 1.79. The van der Waals surface area contributed by atoms with Crippen LogP contribution in [-0.4, -0.2) is 41.3 Å². The van der Waals surface area contributed by atoms with E-state index in [0.717, 1.165) is 5.57 Å². The van der Waals surface area contributed by atoms with Crippen LogP contribution in [0.3, 0.4) is 0 Å². The Hall–Kier alpha value is -2.86. The highest BCUT2D eigenvalue weighted by Crippen LogP contribution is 2.50. The molecule has 1 aliphatic rings. The van der Waals surface area contributed by atoms with Crippen LogP contribution in [0.2, 0.25) is 0 Å². The molecule has 0 bridgehead atoms. The molecule has 0 heterocycles. The van der Waals surface area contributed by atoms with Crippen molar-refractivity contribution in [2.75, 3.05) is 7.11 Å². The third kappa shape index (κ3) is 4.80. The lowest BCUT2D eigenvalue weighted by atomic mass is 9.64. The Morgan fingerprint density at radius 3 is 2.25 bits per heavy atom. The summed E-state index contributed by atoms with van der Waals surface area (Å²) in [5, 5.41) is 21.2. The van der Waals surface area contributed by atoms with Gasteiger partial charge in [0.05, 0.1) is 11.7 Å². The van der Waals surface area contributed by atoms with E-state index in [1.54, 1.807) is 38.1 Å². The normalized spacial score (nSPS) is 22.1. The standard InChI is InChI=1S/C26H34O6/c1-15(2)32-24(30)20-22(29)21(25(4,5)6)16(3)26(7,23(20)31-8)14-13-19(28)17-11-9-10-12-18(17)27/h9-15,23,27,29H,1-8H3. The molecule has 2 unspecified atom stereocenters. The molecule has 0 saturated heterocycles. The molecular weight excluding hydrogens is 408 g/mol. The van der Waals surface area contributed by atoms with Crippen LogP contribution in [0.15, 0.2) is 58.9 Å². The van der Waals surface area contributed by atoms with Crippen LogP contribution in [0.25, 0.3) is 0 Å². The van der Waals surface area contributed by atoms with Gasteiger partial charge in [-0.15, -0.1) is 0 Å². The summed E-state index contributed by atoms with van der Waals surface area (Å²) in [4.78, 5) is 25.8. The van der Waals surface area contributed by atoms with E-state index in [-0.39, 0.29) is 34.5 Å². The van der Waals surface area contributed by atoms with E-state index in [1.807, 2.05) is 34.6 Å². The van der Waals surface area contributed by atoms with Crippen molar-refractivity contribution in [3.05, 3.63) is 64.5 Å². The van der Waals surface area contributed by atoms with Crippen LogP contribution in [0.5, 0.6) is 5.75 Å². The Morgan fingerprint density at radius 1 is 1.16 bits per heavy atom. The van der Waals surface area contributed by atoms with E-state index < -0.39 is 22.9 Å². The zero-order chi connectivity index (χ0) is 24.4. The van der Waals surface area contributed by atoms with Gasteiger partial charge < -0.3 is 19.7 Å². The average molecular weight is 443 g/mol. The predicted octanol–water partition coefficient (Wildman–Crippen LogP) is 5.29. The van der Waals surface area contributed by atoms with Gasteiger partial charge in [-0.3, -0.25) is 4.79 Å². The Bertz CT molecular complexity index is 990. The van der Waals surface area contributed by atoms with Crippen LogP contribution >= 0.6 is 0 Å². The maximum Gasteiger partial charge on any atom is 0.340 e. The van der Waals surface area contributed by atoms with E-state index in [0.29, 0.717) is 5.57 Å². The van der Waals surface area contributed by atoms with E-state index in [9.17, 15) is 19.8 Å². The third-order valence-corrected chi connectivity index (χ3v) is 5.78. The Morgan fingerprint density at radius 2 is 1.75 bits per heavy atom. The summed E-state index contributed by atoms with van der Waals surface area (Å²) < 4.78 is 11.1. The Kier molecular flexibility index (Phi) is 7.40. The number of ketones is 1. The van der Waals surface area contributed by atoms with Crippen molar-refractivity contribution in [1.82, 2.24) is 0 Å². The molecule has 0 spiro atoms. The molecule has 2 atom stereocenters. The number of phenolic OH excluding ortho intramolecular Hbond substituents is 1. The number of allylic oxidation sites excluding steroid dienone is 2. The molecule has 1 aliphatic carbocycles. The molecule has 6 nitrogen and oxygen atoms in total. The van der Waals surface area contributed by atoms with Crippen LogP contribution in [0, 0.1) is 10.8 Å². The third-order valence-electron chi connectivity index (χ3n) is 5.78. The van der Waals surface area contributed by atoms with Crippen molar-refractivity contribution in [3.63, 3.8) is 0 Å². The highest BCUT2D eigenvalue weighted by molar-refractivity contribution is 6.06. The zero-order valence-corrected chi connectivity index (χ0v) is 20.1. The van der Waals surface area contributed by atoms with Gasteiger partial charge in [-0.2, -0.15) is 0 Å². The molecule has 0 amide bonds. The smallest absolute Gasteiger partial charge is 0.340 e. The van der Waals surface area contributed by atoms with E-state index in [1.165, 1.54) is 19.3 Å². The van der Waals surface area contributed by atoms with Crippen molar-refractivity contribution < 1.29 is 29.3 Å². The first-order valence-corrected chi connectivity index (χ1v) is 10.7. The lowest BCUT2D eigenvalue weighted by Gasteiger charge is -2.44. The van der Waals surface area contributed by atoms with Gasteiger partial charge in [0.2, 0.25) is 0 Å². The summed E-state index contributed by atoms with van der Waals surface area (Å²) in [5.74, 6) is -1.30. The number of ether oxygens (including phenoxy) is 2. The number of aromatic hydroxyl groups is 1. The molecule has 6 heteroatoms. The van der Waals surface area contributed by atoms with Gasteiger partial charge in [0.25, 0.3) is 0 Å².